The van der Waals surface area contributed by atoms with Crippen molar-refractivity contribution in [1.82, 2.24) is 0 Å². The Kier molecular flexibility index (Phi) is 3.47. The van der Waals surface area contributed by atoms with E-state index in [0.29, 0.717) is 11.1 Å². The molecule has 0 spiro atoms. The second kappa shape index (κ2) is 5.22. The van der Waals surface area contributed by atoms with Gasteiger partial charge < -0.3 is 15.5 Å². The van der Waals surface area contributed by atoms with Crippen LogP contribution < -0.4 is 5.32 Å². The maximum absolute atomic E-state index is 11.5. The number of carbonyl (C=O) groups excluding carboxylic acids is 1. The monoisotopic (exact) mass is 257 g/mol. The number of benzene rings is 2. The number of hydrogen-bond acceptors (Lipinski definition) is 3. The average molecular weight is 257 g/mol. The van der Waals surface area contributed by atoms with Gasteiger partial charge in [0.2, 0.25) is 5.91 Å². The Labute approximate surface area is 108 Å². The van der Waals surface area contributed by atoms with Gasteiger partial charge in [0.1, 0.15) is 5.75 Å². The Morgan fingerprint density at radius 1 is 1.11 bits per heavy atom. The molecule has 0 unspecified atom stereocenters. The summed E-state index contributed by atoms with van der Waals surface area (Å²) in [5.41, 5.74) is 0.508. The predicted octanol–water partition coefficient (Wildman–Crippen LogP) is 2.12. The van der Waals surface area contributed by atoms with E-state index < -0.39 is 11.9 Å². The first-order chi connectivity index (χ1) is 9.06. The summed E-state index contributed by atoms with van der Waals surface area (Å²) in [4.78, 5) is 21.8. The lowest BCUT2D eigenvalue weighted by Gasteiger charge is -2.07. The largest absolute Gasteiger partial charge is 0.508 e. The van der Waals surface area contributed by atoms with Gasteiger partial charge in [0.05, 0.1) is 0 Å². The molecule has 0 fully saturated rings. The van der Waals surface area contributed by atoms with Gasteiger partial charge in [-0.25, -0.2) is 4.79 Å². The van der Waals surface area contributed by atoms with E-state index in [1.54, 1.807) is 24.3 Å². The van der Waals surface area contributed by atoms with E-state index in [1.165, 1.54) is 6.07 Å². The number of amides is 1. The number of carboxylic acids is 1. The molecule has 3 N–H and O–H groups in total. The Morgan fingerprint density at radius 2 is 1.89 bits per heavy atom. The van der Waals surface area contributed by atoms with Crippen LogP contribution in [0.25, 0.3) is 10.8 Å². The molecule has 2 aromatic carbocycles. The van der Waals surface area contributed by atoms with Gasteiger partial charge in [-0.1, -0.05) is 18.2 Å². The molecule has 0 aliphatic heterocycles. The standard InChI is InChI=1S/C14H11NO4/c16-10-5-4-9-2-1-3-12(11(9)8-10)15-13(17)6-7-14(18)19/h1-8,16H,(H,15,17)(H,18,19). The number of aliphatic carboxylic acids is 1. The van der Waals surface area contributed by atoms with E-state index in [2.05, 4.69) is 5.32 Å². The second-order valence-electron chi connectivity index (χ2n) is 3.87. The molecule has 0 aliphatic rings. The number of phenolic OH excluding ortho intramolecular Hbond substituents is 1. The molecule has 0 saturated heterocycles. The summed E-state index contributed by atoms with van der Waals surface area (Å²) in [7, 11) is 0. The fourth-order valence-electron chi connectivity index (χ4n) is 1.69. The molecule has 19 heavy (non-hydrogen) atoms. The van der Waals surface area contributed by atoms with E-state index in [-0.39, 0.29) is 5.75 Å². The van der Waals surface area contributed by atoms with Crippen LogP contribution in [0.1, 0.15) is 0 Å². The minimum Gasteiger partial charge on any atom is -0.508 e. The molecule has 96 valence electrons. The number of carbonyl (C=O) groups is 2. The SMILES string of the molecule is O=C(O)C=CC(=O)Nc1cccc2ccc(O)cc12. The fraction of sp³-hybridized carbons (Fsp3) is 0. The van der Waals surface area contributed by atoms with Gasteiger partial charge in [0.25, 0.3) is 0 Å². The number of aromatic hydroxyl groups is 1. The van der Waals surface area contributed by atoms with Gasteiger partial charge in [0.15, 0.2) is 0 Å². The lowest BCUT2D eigenvalue weighted by molar-refractivity contribution is -0.131. The lowest BCUT2D eigenvalue weighted by atomic mass is 10.1. The number of hydrogen-bond donors (Lipinski definition) is 3. The molecule has 0 aliphatic carbocycles. The topological polar surface area (TPSA) is 86.6 Å². The summed E-state index contributed by atoms with van der Waals surface area (Å²) >= 11 is 0. The quantitative estimate of drug-likeness (QED) is 0.735. The highest BCUT2D eigenvalue weighted by atomic mass is 16.4. The summed E-state index contributed by atoms with van der Waals surface area (Å²) in [5, 5.41) is 22.0. The summed E-state index contributed by atoms with van der Waals surface area (Å²) in [6.07, 6.45) is 1.70. The molecule has 2 aromatic rings. The smallest absolute Gasteiger partial charge is 0.328 e. The summed E-state index contributed by atoms with van der Waals surface area (Å²) in [6.45, 7) is 0. The molecular weight excluding hydrogens is 246 g/mol. The third kappa shape index (κ3) is 3.10. The zero-order valence-electron chi connectivity index (χ0n) is 9.83. The molecule has 5 heteroatoms. The van der Waals surface area contributed by atoms with Gasteiger partial charge in [-0.15, -0.1) is 0 Å². The Balaban J connectivity index is 2.32. The highest BCUT2D eigenvalue weighted by molar-refractivity contribution is 6.07. The van der Waals surface area contributed by atoms with Crippen LogP contribution in [0.2, 0.25) is 0 Å². The van der Waals surface area contributed by atoms with E-state index in [4.69, 9.17) is 5.11 Å². The highest BCUT2D eigenvalue weighted by Crippen LogP contribution is 2.26. The van der Waals surface area contributed by atoms with E-state index in [1.807, 2.05) is 6.07 Å². The van der Waals surface area contributed by atoms with Crippen LogP contribution in [-0.2, 0) is 9.59 Å². The van der Waals surface area contributed by atoms with Crippen LogP contribution in [0.4, 0.5) is 5.69 Å². The van der Waals surface area contributed by atoms with E-state index >= 15 is 0 Å². The summed E-state index contributed by atoms with van der Waals surface area (Å²) < 4.78 is 0. The molecular formula is C14H11NO4. The normalized spacial score (nSPS) is 10.7. The van der Waals surface area contributed by atoms with Crippen LogP contribution >= 0.6 is 0 Å². The number of fused-ring (bicyclic) bond motifs is 1. The maximum Gasteiger partial charge on any atom is 0.328 e. The molecule has 0 bridgehead atoms. The Morgan fingerprint density at radius 3 is 2.63 bits per heavy atom. The first-order valence-electron chi connectivity index (χ1n) is 5.50. The molecule has 0 heterocycles. The van der Waals surface area contributed by atoms with E-state index in [0.717, 1.165) is 17.5 Å². The number of rotatable bonds is 3. The van der Waals surface area contributed by atoms with Crippen molar-refractivity contribution in [2.24, 2.45) is 0 Å². The minimum atomic E-state index is -1.19. The first kappa shape index (κ1) is 12.6. The van der Waals surface area contributed by atoms with Crippen molar-refractivity contribution in [2.45, 2.75) is 0 Å². The molecule has 1 amide bonds. The van der Waals surface area contributed by atoms with Crippen molar-refractivity contribution < 1.29 is 19.8 Å². The van der Waals surface area contributed by atoms with Crippen LogP contribution in [0.15, 0.2) is 48.6 Å². The number of carboxylic acid groups (broad SMARTS) is 1. The maximum atomic E-state index is 11.5. The van der Waals surface area contributed by atoms with Crippen molar-refractivity contribution in [1.29, 1.82) is 0 Å². The van der Waals surface area contributed by atoms with Gasteiger partial charge in [0, 0.05) is 23.2 Å². The molecule has 5 nitrogen and oxygen atoms in total. The molecule has 2 rings (SSSR count). The number of nitrogens with one attached hydrogen (secondary N) is 1. The van der Waals surface area contributed by atoms with Gasteiger partial charge in [-0.2, -0.15) is 0 Å². The Hall–Kier alpha value is -2.82. The lowest BCUT2D eigenvalue weighted by Crippen LogP contribution is -2.08. The zero-order chi connectivity index (χ0) is 13.8. The van der Waals surface area contributed by atoms with Crippen LogP contribution in [-0.4, -0.2) is 22.1 Å². The highest BCUT2D eigenvalue weighted by Gasteiger charge is 2.04. The molecule has 0 saturated carbocycles. The van der Waals surface area contributed by atoms with Crippen LogP contribution in [0.3, 0.4) is 0 Å². The van der Waals surface area contributed by atoms with E-state index in [9.17, 15) is 14.7 Å². The summed E-state index contributed by atoms with van der Waals surface area (Å²) in [6, 6.07) is 10.1. The number of anilines is 1. The van der Waals surface area contributed by atoms with Gasteiger partial charge >= 0.3 is 5.97 Å². The van der Waals surface area contributed by atoms with Crippen LogP contribution in [0.5, 0.6) is 5.75 Å². The fourth-order valence-corrected chi connectivity index (χ4v) is 1.69. The van der Waals surface area contributed by atoms with Crippen molar-refractivity contribution in [3.8, 4) is 5.75 Å². The minimum absolute atomic E-state index is 0.0928. The average Bonchev–Trinajstić information content (AvgIpc) is 2.37. The van der Waals surface area contributed by atoms with Crippen molar-refractivity contribution in [3.63, 3.8) is 0 Å². The Bertz CT molecular complexity index is 676. The van der Waals surface area contributed by atoms with Crippen molar-refractivity contribution >= 4 is 28.3 Å². The predicted molar refractivity (Wildman–Crippen MR) is 71.0 cm³/mol. The second-order valence-corrected chi connectivity index (χ2v) is 3.87. The first-order valence-corrected chi connectivity index (χ1v) is 5.50. The summed E-state index contributed by atoms with van der Waals surface area (Å²) in [5.74, 6) is -1.64. The van der Waals surface area contributed by atoms with Crippen LogP contribution in [0, 0.1) is 0 Å². The third-order valence-electron chi connectivity index (χ3n) is 2.50. The third-order valence-corrected chi connectivity index (χ3v) is 2.50. The van der Waals surface area contributed by atoms with Gasteiger partial charge in [-0.05, 0) is 23.6 Å². The molecule has 0 aromatic heterocycles. The van der Waals surface area contributed by atoms with Gasteiger partial charge in [-0.3, -0.25) is 4.79 Å². The number of phenols is 1. The van der Waals surface area contributed by atoms with Crippen molar-refractivity contribution in [2.75, 3.05) is 5.32 Å². The zero-order valence-corrected chi connectivity index (χ0v) is 9.83. The molecule has 0 radical (unpaired) electrons. The van der Waals surface area contributed by atoms with Crippen molar-refractivity contribution in [3.05, 3.63) is 48.6 Å². The molecule has 0 atom stereocenters.